The van der Waals surface area contributed by atoms with Gasteiger partial charge in [0.05, 0.1) is 0 Å². The Hall–Kier alpha value is -1.36. The molecule has 4 N–H and O–H groups in total. The maximum absolute atomic E-state index is 5.36. The standard InChI is InChI=1S/C11H19N5/c1-3-11(5-4-6-11)15-9-7-10(16-12)14-8(2)13-9/h7H,3-6,12H2,1-2H3,(H2,13,14,15,16). The molecule has 0 amide bonds. The second-order valence-electron chi connectivity index (χ2n) is 4.44. The highest BCUT2D eigenvalue weighted by molar-refractivity contribution is 5.48. The van der Waals surface area contributed by atoms with E-state index < -0.39 is 0 Å². The number of nitrogen functional groups attached to an aromatic ring is 1. The zero-order valence-corrected chi connectivity index (χ0v) is 9.88. The summed E-state index contributed by atoms with van der Waals surface area (Å²) in [5.41, 5.74) is 2.80. The number of aromatic nitrogens is 2. The molecule has 0 aromatic carbocycles. The van der Waals surface area contributed by atoms with E-state index in [1.54, 1.807) is 0 Å². The van der Waals surface area contributed by atoms with Crippen molar-refractivity contribution in [3.05, 3.63) is 11.9 Å². The fourth-order valence-corrected chi connectivity index (χ4v) is 2.15. The monoisotopic (exact) mass is 221 g/mol. The van der Waals surface area contributed by atoms with Gasteiger partial charge in [0.25, 0.3) is 0 Å². The van der Waals surface area contributed by atoms with Gasteiger partial charge in [0.1, 0.15) is 17.5 Å². The maximum Gasteiger partial charge on any atom is 0.145 e. The predicted molar refractivity (Wildman–Crippen MR) is 65.1 cm³/mol. The summed E-state index contributed by atoms with van der Waals surface area (Å²) in [6, 6.07) is 1.85. The molecule has 5 nitrogen and oxygen atoms in total. The average Bonchev–Trinajstić information content (AvgIpc) is 2.22. The molecule has 1 saturated carbocycles. The van der Waals surface area contributed by atoms with Crippen LogP contribution >= 0.6 is 0 Å². The quantitative estimate of drug-likeness (QED) is 0.534. The Bertz CT molecular complexity index is 367. The maximum atomic E-state index is 5.36. The van der Waals surface area contributed by atoms with Crippen molar-refractivity contribution in [2.45, 2.75) is 45.1 Å². The molecular weight excluding hydrogens is 202 g/mol. The van der Waals surface area contributed by atoms with Gasteiger partial charge in [-0.05, 0) is 32.6 Å². The van der Waals surface area contributed by atoms with Crippen molar-refractivity contribution in [3.8, 4) is 0 Å². The molecule has 0 radical (unpaired) electrons. The second kappa shape index (κ2) is 4.25. The lowest BCUT2D eigenvalue weighted by molar-refractivity contribution is 0.269. The summed E-state index contributed by atoms with van der Waals surface area (Å²) < 4.78 is 0. The lowest BCUT2D eigenvalue weighted by Crippen LogP contribution is -2.44. The topological polar surface area (TPSA) is 75.9 Å². The minimum absolute atomic E-state index is 0.243. The molecule has 1 fully saturated rings. The Balaban J connectivity index is 2.17. The Labute approximate surface area is 95.8 Å². The van der Waals surface area contributed by atoms with Crippen LogP contribution in [0.3, 0.4) is 0 Å². The van der Waals surface area contributed by atoms with Crippen molar-refractivity contribution in [2.24, 2.45) is 5.84 Å². The summed E-state index contributed by atoms with van der Waals surface area (Å²) in [5.74, 6) is 7.60. The summed E-state index contributed by atoms with van der Waals surface area (Å²) in [5, 5.41) is 3.51. The summed E-state index contributed by atoms with van der Waals surface area (Å²) >= 11 is 0. The van der Waals surface area contributed by atoms with Crippen LogP contribution < -0.4 is 16.6 Å². The third kappa shape index (κ3) is 2.09. The van der Waals surface area contributed by atoms with Gasteiger partial charge in [-0.1, -0.05) is 6.92 Å². The third-order valence-electron chi connectivity index (χ3n) is 3.37. The number of hydrogen-bond acceptors (Lipinski definition) is 5. The Kier molecular flexibility index (Phi) is 2.96. The highest BCUT2D eigenvalue weighted by Crippen LogP contribution is 2.37. The predicted octanol–water partition coefficient (Wildman–Crippen LogP) is 1.82. The molecule has 1 aromatic rings. The molecule has 16 heavy (non-hydrogen) atoms. The molecule has 0 bridgehead atoms. The summed E-state index contributed by atoms with van der Waals surface area (Å²) in [6.07, 6.45) is 4.87. The first-order valence-electron chi connectivity index (χ1n) is 5.78. The highest BCUT2D eigenvalue weighted by atomic mass is 15.3. The van der Waals surface area contributed by atoms with Crippen LogP contribution in [-0.2, 0) is 0 Å². The van der Waals surface area contributed by atoms with Crippen molar-refractivity contribution in [1.29, 1.82) is 0 Å². The molecule has 0 unspecified atom stereocenters. The van der Waals surface area contributed by atoms with Gasteiger partial charge in [-0.15, -0.1) is 0 Å². The van der Waals surface area contributed by atoms with Crippen LogP contribution in [0.4, 0.5) is 11.6 Å². The van der Waals surface area contributed by atoms with Crippen LogP contribution in [0.5, 0.6) is 0 Å². The van der Waals surface area contributed by atoms with E-state index in [1.165, 1.54) is 19.3 Å². The van der Waals surface area contributed by atoms with Gasteiger partial charge in [-0.25, -0.2) is 15.8 Å². The van der Waals surface area contributed by atoms with Gasteiger partial charge in [0, 0.05) is 11.6 Å². The van der Waals surface area contributed by atoms with Crippen LogP contribution in [0.25, 0.3) is 0 Å². The molecule has 1 aliphatic carbocycles. The normalized spacial score (nSPS) is 17.7. The number of nitrogens with two attached hydrogens (primary N) is 1. The third-order valence-corrected chi connectivity index (χ3v) is 3.37. The molecule has 88 valence electrons. The fraction of sp³-hybridized carbons (Fsp3) is 0.636. The minimum Gasteiger partial charge on any atom is -0.364 e. The van der Waals surface area contributed by atoms with Gasteiger partial charge < -0.3 is 10.7 Å². The molecule has 1 aliphatic rings. The van der Waals surface area contributed by atoms with E-state index in [0.29, 0.717) is 5.82 Å². The Morgan fingerprint density at radius 2 is 2.06 bits per heavy atom. The minimum atomic E-state index is 0.243. The average molecular weight is 221 g/mol. The number of aryl methyl sites for hydroxylation is 1. The van der Waals surface area contributed by atoms with Crippen LogP contribution in [0.1, 0.15) is 38.4 Å². The van der Waals surface area contributed by atoms with E-state index in [4.69, 9.17) is 5.84 Å². The van der Waals surface area contributed by atoms with E-state index in [2.05, 4.69) is 27.6 Å². The van der Waals surface area contributed by atoms with E-state index in [-0.39, 0.29) is 5.54 Å². The van der Waals surface area contributed by atoms with Crippen molar-refractivity contribution in [3.63, 3.8) is 0 Å². The Morgan fingerprint density at radius 3 is 2.56 bits per heavy atom. The van der Waals surface area contributed by atoms with Gasteiger partial charge >= 0.3 is 0 Å². The lowest BCUT2D eigenvalue weighted by Gasteiger charge is -2.42. The van der Waals surface area contributed by atoms with Gasteiger partial charge in [0.15, 0.2) is 0 Å². The zero-order chi connectivity index (χ0) is 11.6. The van der Waals surface area contributed by atoms with Gasteiger partial charge in [-0.3, -0.25) is 0 Å². The van der Waals surface area contributed by atoms with Crippen molar-refractivity contribution in [2.75, 3.05) is 10.7 Å². The molecule has 1 heterocycles. The number of hydrogen-bond donors (Lipinski definition) is 3. The highest BCUT2D eigenvalue weighted by Gasteiger charge is 2.35. The smallest absolute Gasteiger partial charge is 0.145 e. The SMILES string of the molecule is CCC1(Nc2cc(NN)nc(C)n2)CCC1. The zero-order valence-electron chi connectivity index (χ0n) is 9.88. The number of anilines is 2. The molecule has 1 aromatic heterocycles. The van der Waals surface area contributed by atoms with Crippen molar-refractivity contribution >= 4 is 11.6 Å². The Morgan fingerprint density at radius 1 is 1.38 bits per heavy atom. The number of nitrogens with one attached hydrogen (secondary N) is 2. The van der Waals surface area contributed by atoms with Gasteiger partial charge in [-0.2, -0.15) is 0 Å². The van der Waals surface area contributed by atoms with Gasteiger partial charge in [0.2, 0.25) is 0 Å². The first-order chi connectivity index (χ1) is 7.67. The molecule has 2 rings (SSSR count). The molecule has 0 aliphatic heterocycles. The van der Waals surface area contributed by atoms with Crippen LogP contribution in [0, 0.1) is 6.92 Å². The summed E-state index contributed by atoms with van der Waals surface area (Å²) in [7, 11) is 0. The van der Waals surface area contributed by atoms with E-state index in [1.807, 2.05) is 13.0 Å². The number of hydrazine groups is 1. The lowest BCUT2D eigenvalue weighted by atomic mass is 9.75. The van der Waals surface area contributed by atoms with Crippen LogP contribution in [0.15, 0.2) is 6.07 Å². The summed E-state index contributed by atoms with van der Waals surface area (Å²) in [4.78, 5) is 8.54. The second-order valence-corrected chi connectivity index (χ2v) is 4.44. The van der Waals surface area contributed by atoms with E-state index in [9.17, 15) is 0 Å². The van der Waals surface area contributed by atoms with Crippen molar-refractivity contribution in [1.82, 2.24) is 9.97 Å². The van der Waals surface area contributed by atoms with E-state index in [0.717, 1.165) is 18.1 Å². The van der Waals surface area contributed by atoms with Crippen LogP contribution in [-0.4, -0.2) is 15.5 Å². The largest absolute Gasteiger partial charge is 0.364 e. The first kappa shape index (κ1) is 11.1. The molecular formula is C11H19N5. The number of nitrogens with zero attached hydrogens (tertiary/aromatic N) is 2. The molecule has 0 spiro atoms. The van der Waals surface area contributed by atoms with E-state index >= 15 is 0 Å². The van der Waals surface area contributed by atoms with Crippen LogP contribution in [0.2, 0.25) is 0 Å². The summed E-state index contributed by atoms with van der Waals surface area (Å²) in [6.45, 7) is 4.08. The molecule has 5 heteroatoms. The fourth-order valence-electron chi connectivity index (χ4n) is 2.15. The molecule has 0 saturated heterocycles. The van der Waals surface area contributed by atoms with Crippen molar-refractivity contribution < 1.29 is 0 Å². The first-order valence-corrected chi connectivity index (χ1v) is 5.78. The number of rotatable bonds is 4. The molecule has 0 atom stereocenters.